The third-order valence-corrected chi connectivity index (χ3v) is 6.02. The van der Waals surface area contributed by atoms with E-state index in [9.17, 15) is 13.2 Å². The Bertz CT molecular complexity index is 658. The van der Waals surface area contributed by atoms with Gasteiger partial charge in [0.25, 0.3) is 15.9 Å². The molecule has 1 aliphatic carbocycles. The summed E-state index contributed by atoms with van der Waals surface area (Å²) in [6.45, 7) is 1.61. The molecule has 1 saturated heterocycles. The molecule has 0 unspecified atom stereocenters. The van der Waals surface area contributed by atoms with Crippen LogP contribution in [0.4, 0.5) is 0 Å². The van der Waals surface area contributed by atoms with E-state index in [0.29, 0.717) is 25.6 Å². The second-order valence-corrected chi connectivity index (χ2v) is 7.99. The zero-order valence-electron chi connectivity index (χ0n) is 12.8. The normalized spacial score (nSPS) is 20.0. The predicted molar refractivity (Wildman–Crippen MR) is 80.9 cm³/mol. The van der Waals surface area contributed by atoms with Crippen LogP contribution in [0.5, 0.6) is 0 Å². The molecule has 2 aliphatic rings. The second kappa shape index (κ2) is 6.00. The summed E-state index contributed by atoms with van der Waals surface area (Å²) in [4.78, 5) is 12.3. The number of nitrogens with zero attached hydrogens (tertiary/aromatic N) is 3. The number of carbonyl (C=O) groups is 1. The molecule has 2 heterocycles. The largest absolute Gasteiger partial charge is 0.352 e. The van der Waals surface area contributed by atoms with E-state index in [1.54, 1.807) is 7.05 Å². The van der Waals surface area contributed by atoms with Crippen LogP contribution in [0.25, 0.3) is 0 Å². The maximum Gasteiger partial charge on any atom is 0.263 e. The van der Waals surface area contributed by atoms with Gasteiger partial charge in [0.2, 0.25) is 5.03 Å². The van der Waals surface area contributed by atoms with Gasteiger partial charge in [0.05, 0.1) is 5.56 Å². The van der Waals surface area contributed by atoms with Crippen molar-refractivity contribution in [3.8, 4) is 0 Å². The first-order valence-corrected chi connectivity index (χ1v) is 9.24. The summed E-state index contributed by atoms with van der Waals surface area (Å²) in [7, 11) is -2.07. The highest BCUT2D eigenvalue weighted by molar-refractivity contribution is 7.89. The minimum absolute atomic E-state index is 0.120. The topological polar surface area (TPSA) is 84.3 Å². The van der Waals surface area contributed by atoms with Crippen LogP contribution >= 0.6 is 0 Å². The third-order valence-electron chi connectivity index (χ3n) is 4.19. The highest BCUT2D eigenvalue weighted by Crippen LogP contribution is 2.28. The fraction of sp³-hybridized carbons (Fsp3) is 0.714. The van der Waals surface area contributed by atoms with Crippen LogP contribution in [0.15, 0.2) is 11.2 Å². The lowest BCUT2D eigenvalue weighted by molar-refractivity contribution is 0.0948. The number of amides is 1. The molecule has 122 valence electrons. The molecule has 1 aromatic rings. The summed E-state index contributed by atoms with van der Waals surface area (Å²) >= 11 is 0. The van der Waals surface area contributed by atoms with Gasteiger partial charge in [-0.25, -0.2) is 8.42 Å². The summed E-state index contributed by atoms with van der Waals surface area (Å²) in [5.41, 5.74) is 0.147. The van der Waals surface area contributed by atoms with Crippen molar-refractivity contribution < 1.29 is 13.2 Å². The highest BCUT2D eigenvalue weighted by atomic mass is 32.2. The van der Waals surface area contributed by atoms with Crippen LogP contribution in [-0.2, 0) is 17.1 Å². The molecule has 0 spiro atoms. The van der Waals surface area contributed by atoms with Gasteiger partial charge in [0, 0.05) is 32.9 Å². The fourth-order valence-corrected chi connectivity index (χ4v) is 4.33. The number of carbonyl (C=O) groups excluding carboxylic acids is 1. The quantitative estimate of drug-likeness (QED) is 0.865. The van der Waals surface area contributed by atoms with Crippen LogP contribution in [0.2, 0.25) is 0 Å². The number of sulfonamides is 1. The molecule has 1 aromatic heterocycles. The Labute approximate surface area is 130 Å². The maximum atomic E-state index is 12.7. The van der Waals surface area contributed by atoms with E-state index in [-0.39, 0.29) is 16.5 Å². The van der Waals surface area contributed by atoms with Gasteiger partial charge in [-0.05, 0) is 31.6 Å². The smallest absolute Gasteiger partial charge is 0.263 e. The van der Waals surface area contributed by atoms with Crippen molar-refractivity contribution in [2.45, 2.75) is 37.1 Å². The molecule has 1 N–H and O–H groups in total. The molecule has 22 heavy (non-hydrogen) atoms. The highest BCUT2D eigenvalue weighted by Gasteiger charge is 2.33. The molecule has 3 rings (SSSR count). The van der Waals surface area contributed by atoms with E-state index in [1.165, 1.54) is 15.2 Å². The summed E-state index contributed by atoms with van der Waals surface area (Å²) < 4.78 is 28.3. The summed E-state index contributed by atoms with van der Waals surface area (Å²) in [5, 5.41) is 6.74. The first-order valence-electron chi connectivity index (χ1n) is 7.80. The van der Waals surface area contributed by atoms with Crippen molar-refractivity contribution in [1.29, 1.82) is 0 Å². The average molecular weight is 326 g/mol. The van der Waals surface area contributed by atoms with Crippen molar-refractivity contribution >= 4 is 15.9 Å². The maximum absolute atomic E-state index is 12.7. The number of nitrogens with one attached hydrogen (secondary N) is 1. The summed E-state index contributed by atoms with van der Waals surface area (Å²) in [6, 6.07) is 0. The lowest BCUT2D eigenvalue weighted by Crippen LogP contribution is -2.37. The van der Waals surface area contributed by atoms with Gasteiger partial charge in [-0.1, -0.05) is 6.42 Å². The second-order valence-electron chi connectivity index (χ2n) is 6.14. The van der Waals surface area contributed by atoms with Crippen molar-refractivity contribution in [2.75, 3.05) is 19.6 Å². The number of piperidine rings is 1. The molecule has 8 heteroatoms. The van der Waals surface area contributed by atoms with Gasteiger partial charge in [0.15, 0.2) is 0 Å². The molecule has 0 bridgehead atoms. The van der Waals surface area contributed by atoms with Gasteiger partial charge in [-0.3, -0.25) is 9.48 Å². The molecular weight excluding hydrogens is 304 g/mol. The van der Waals surface area contributed by atoms with Crippen LogP contribution in [0.1, 0.15) is 42.5 Å². The van der Waals surface area contributed by atoms with Crippen molar-refractivity contribution in [2.24, 2.45) is 13.0 Å². The predicted octanol–water partition coefficient (Wildman–Crippen LogP) is 0.734. The van der Waals surface area contributed by atoms with Crippen LogP contribution in [0, 0.1) is 5.92 Å². The Morgan fingerprint density at radius 3 is 2.64 bits per heavy atom. The monoisotopic (exact) mass is 326 g/mol. The van der Waals surface area contributed by atoms with Crippen LogP contribution < -0.4 is 5.32 Å². The number of hydrogen-bond acceptors (Lipinski definition) is 4. The van der Waals surface area contributed by atoms with Crippen molar-refractivity contribution in [3.05, 3.63) is 11.8 Å². The number of aromatic nitrogens is 2. The minimum atomic E-state index is -3.70. The molecule has 2 fully saturated rings. The Hall–Kier alpha value is -1.41. The van der Waals surface area contributed by atoms with Gasteiger partial charge >= 0.3 is 0 Å². The Morgan fingerprint density at radius 1 is 1.32 bits per heavy atom. The molecular formula is C14H22N4O3S. The Morgan fingerprint density at radius 2 is 2.00 bits per heavy atom. The summed E-state index contributed by atoms with van der Waals surface area (Å²) in [6.07, 6.45) is 6.51. The molecule has 1 aliphatic heterocycles. The van der Waals surface area contributed by atoms with Gasteiger partial charge < -0.3 is 5.32 Å². The van der Waals surface area contributed by atoms with E-state index >= 15 is 0 Å². The molecule has 0 aromatic carbocycles. The van der Waals surface area contributed by atoms with E-state index in [4.69, 9.17) is 0 Å². The molecule has 1 amide bonds. The van der Waals surface area contributed by atoms with Gasteiger partial charge in [-0.15, -0.1) is 0 Å². The van der Waals surface area contributed by atoms with Gasteiger partial charge in [0.1, 0.15) is 0 Å². The molecule has 0 radical (unpaired) electrons. The average Bonchev–Trinajstić information content (AvgIpc) is 3.26. The Kier molecular flexibility index (Phi) is 4.22. The third kappa shape index (κ3) is 3.17. The lowest BCUT2D eigenvalue weighted by Gasteiger charge is -2.25. The van der Waals surface area contributed by atoms with E-state index < -0.39 is 10.0 Å². The first-order chi connectivity index (χ1) is 10.5. The zero-order chi connectivity index (χ0) is 15.7. The van der Waals surface area contributed by atoms with E-state index in [2.05, 4.69) is 10.4 Å². The van der Waals surface area contributed by atoms with Crippen molar-refractivity contribution in [3.63, 3.8) is 0 Å². The van der Waals surface area contributed by atoms with Crippen molar-refractivity contribution in [1.82, 2.24) is 19.4 Å². The van der Waals surface area contributed by atoms with Crippen LogP contribution in [0.3, 0.4) is 0 Å². The number of aryl methyl sites for hydroxylation is 1. The molecule has 1 saturated carbocycles. The zero-order valence-corrected chi connectivity index (χ0v) is 13.6. The minimum Gasteiger partial charge on any atom is -0.352 e. The Balaban J connectivity index is 1.84. The SMILES string of the molecule is Cn1cc(C(=O)NCC2CC2)c(S(=O)(=O)N2CCCCC2)n1. The van der Waals surface area contributed by atoms with E-state index in [0.717, 1.165) is 32.1 Å². The van der Waals surface area contributed by atoms with E-state index in [1.807, 2.05) is 0 Å². The first kappa shape index (κ1) is 15.5. The lowest BCUT2D eigenvalue weighted by atomic mass is 10.2. The fourth-order valence-electron chi connectivity index (χ4n) is 2.70. The summed E-state index contributed by atoms with van der Waals surface area (Å²) in [5.74, 6) is 0.193. The van der Waals surface area contributed by atoms with Gasteiger partial charge in [-0.2, -0.15) is 9.40 Å². The number of hydrogen-bond donors (Lipinski definition) is 1. The molecule has 7 nitrogen and oxygen atoms in total. The molecule has 0 atom stereocenters. The number of rotatable bonds is 5. The standard InChI is InChI=1S/C14H22N4O3S/c1-17-10-12(13(19)15-9-11-5-6-11)14(16-17)22(20,21)18-7-3-2-4-8-18/h10-11H,2-9H2,1H3,(H,15,19). The van der Waals surface area contributed by atoms with Crippen LogP contribution in [-0.4, -0.2) is 48.0 Å².